The molecule has 0 aliphatic heterocycles. The Morgan fingerprint density at radius 1 is 0.408 bits per heavy atom. The number of rotatable bonds is 5. The van der Waals surface area contributed by atoms with Gasteiger partial charge in [0.1, 0.15) is 22.3 Å². The Morgan fingerprint density at radius 2 is 0.918 bits per heavy atom. The highest BCUT2D eigenvalue weighted by atomic mass is 32.1. The highest BCUT2D eigenvalue weighted by Crippen LogP contribution is 2.42. The molecule has 4 nitrogen and oxygen atoms in total. The van der Waals surface area contributed by atoms with Crippen molar-refractivity contribution in [3.8, 4) is 0 Å². The van der Waals surface area contributed by atoms with E-state index in [1.165, 1.54) is 25.7 Å². The SMILES string of the molecule is Cc1ccc2c(c1)oc1cc(N(c3ccccc3)c3ccc4c(c3)oc3cc(N(C)c5ccc6sc7ccccc7c6c5)ccc34)ccc12. The maximum Gasteiger partial charge on any atom is 0.137 e. The summed E-state index contributed by atoms with van der Waals surface area (Å²) in [4.78, 5) is 4.49. The molecular formula is C44H30N2O2S. The summed E-state index contributed by atoms with van der Waals surface area (Å²) in [7, 11) is 2.12. The van der Waals surface area contributed by atoms with Crippen molar-refractivity contribution in [3.63, 3.8) is 0 Å². The molecule has 10 aromatic rings. The third kappa shape index (κ3) is 4.50. The van der Waals surface area contributed by atoms with E-state index in [2.05, 4.69) is 163 Å². The third-order valence-corrected chi connectivity index (χ3v) is 10.9. The lowest BCUT2D eigenvalue weighted by molar-refractivity contribution is 0.668. The molecule has 3 aromatic heterocycles. The smallest absolute Gasteiger partial charge is 0.137 e. The minimum atomic E-state index is 0.847. The molecule has 0 saturated carbocycles. The van der Waals surface area contributed by atoms with Gasteiger partial charge in [0.2, 0.25) is 0 Å². The lowest BCUT2D eigenvalue weighted by Gasteiger charge is -2.25. The number of fused-ring (bicyclic) bond motifs is 9. The largest absolute Gasteiger partial charge is 0.456 e. The fourth-order valence-electron chi connectivity index (χ4n) is 7.21. The first kappa shape index (κ1) is 28.0. The summed E-state index contributed by atoms with van der Waals surface area (Å²) in [6.07, 6.45) is 0. The molecule has 10 rings (SSSR count). The number of thiophene rings is 1. The van der Waals surface area contributed by atoms with Crippen LogP contribution in [0, 0.1) is 6.92 Å². The average Bonchev–Trinajstić information content (AvgIpc) is 3.81. The Bertz CT molecular complexity index is 2880. The van der Waals surface area contributed by atoms with Crippen molar-refractivity contribution in [1.82, 2.24) is 0 Å². The number of hydrogen-bond donors (Lipinski definition) is 0. The van der Waals surface area contributed by atoms with Crippen LogP contribution in [-0.4, -0.2) is 7.05 Å². The molecule has 0 bridgehead atoms. The first-order valence-electron chi connectivity index (χ1n) is 16.5. The molecule has 5 heteroatoms. The summed E-state index contributed by atoms with van der Waals surface area (Å²) in [5.41, 5.74) is 9.98. The normalized spacial score (nSPS) is 11.9. The standard InChI is InChI=1S/C44H30N2O2S/c1-27-12-17-33-35-19-14-31(25-41(35)47-39(33)22-27)46(28-8-4-3-5-9-28)32-15-20-36-34-18-13-30(24-40(34)48-42(36)26-32)45(2)29-16-21-44-38(23-29)37-10-6-7-11-43(37)49-44/h3-26H,1-2H3. The van der Waals surface area contributed by atoms with Crippen LogP contribution in [0.25, 0.3) is 64.0 Å². The highest BCUT2D eigenvalue weighted by molar-refractivity contribution is 7.25. The lowest BCUT2D eigenvalue weighted by atomic mass is 10.1. The lowest BCUT2D eigenvalue weighted by Crippen LogP contribution is -2.09. The van der Waals surface area contributed by atoms with Gasteiger partial charge < -0.3 is 18.6 Å². The highest BCUT2D eigenvalue weighted by Gasteiger charge is 2.18. The molecule has 0 radical (unpaired) electrons. The van der Waals surface area contributed by atoms with Crippen molar-refractivity contribution in [2.24, 2.45) is 0 Å². The van der Waals surface area contributed by atoms with Gasteiger partial charge in [-0.15, -0.1) is 11.3 Å². The van der Waals surface area contributed by atoms with Gasteiger partial charge in [0.15, 0.2) is 0 Å². The number of hydrogen-bond acceptors (Lipinski definition) is 5. The van der Waals surface area contributed by atoms with E-state index in [4.69, 9.17) is 8.83 Å². The molecule has 49 heavy (non-hydrogen) atoms. The Kier molecular flexibility index (Phi) is 6.14. The van der Waals surface area contributed by atoms with Crippen molar-refractivity contribution < 1.29 is 8.83 Å². The fourth-order valence-corrected chi connectivity index (χ4v) is 8.30. The molecule has 0 aliphatic carbocycles. The minimum Gasteiger partial charge on any atom is -0.456 e. The molecule has 234 valence electrons. The van der Waals surface area contributed by atoms with Crippen molar-refractivity contribution in [1.29, 1.82) is 0 Å². The fraction of sp³-hybridized carbons (Fsp3) is 0.0455. The van der Waals surface area contributed by atoms with Crippen LogP contribution >= 0.6 is 11.3 Å². The van der Waals surface area contributed by atoms with E-state index in [0.29, 0.717) is 0 Å². The minimum absolute atomic E-state index is 0.847. The van der Waals surface area contributed by atoms with E-state index < -0.39 is 0 Å². The number of furan rings is 2. The van der Waals surface area contributed by atoms with Crippen molar-refractivity contribution in [2.45, 2.75) is 6.92 Å². The first-order valence-corrected chi connectivity index (χ1v) is 17.3. The summed E-state index contributed by atoms with van der Waals surface area (Å²) in [6.45, 7) is 2.09. The zero-order chi connectivity index (χ0) is 32.6. The van der Waals surface area contributed by atoms with Crippen LogP contribution < -0.4 is 9.80 Å². The van der Waals surface area contributed by atoms with Gasteiger partial charge in [-0.3, -0.25) is 0 Å². The van der Waals surface area contributed by atoms with Crippen LogP contribution in [0.5, 0.6) is 0 Å². The molecule has 0 aliphatic rings. The quantitative estimate of drug-likeness (QED) is 0.186. The first-order chi connectivity index (χ1) is 24.1. The van der Waals surface area contributed by atoms with Gasteiger partial charge in [0.25, 0.3) is 0 Å². The van der Waals surface area contributed by atoms with E-state index >= 15 is 0 Å². The summed E-state index contributed by atoms with van der Waals surface area (Å²) in [5.74, 6) is 0. The van der Waals surface area contributed by atoms with Gasteiger partial charge in [-0.1, -0.05) is 48.5 Å². The van der Waals surface area contributed by atoms with Gasteiger partial charge in [0, 0.05) is 95.4 Å². The Balaban J connectivity index is 1.05. The summed E-state index contributed by atoms with van der Waals surface area (Å²) in [5, 5.41) is 7.04. The zero-order valence-corrected chi connectivity index (χ0v) is 27.8. The van der Waals surface area contributed by atoms with Crippen molar-refractivity contribution in [2.75, 3.05) is 16.8 Å². The van der Waals surface area contributed by atoms with Gasteiger partial charge in [-0.05, 0) is 91.3 Å². The van der Waals surface area contributed by atoms with Crippen molar-refractivity contribution >= 4 is 104 Å². The topological polar surface area (TPSA) is 32.8 Å². The van der Waals surface area contributed by atoms with Crippen LogP contribution in [0.3, 0.4) is 0 Å². The molecule has 3 heterocycles. The second-order valence-electron chi connectivity index (χ2n) is 12.8. The van der Waals surface area contributed by atoms with E-state index in [9.17, 15) is 0 Å². The van der Waals surface area contributed by atoms with Gasteiger partial charge in [-0.2, -0.15) is 0 Å². The number of benzene rings is 7. The van der Waals surface area contributed by atoms with Crippen LogP contribution in [0.2, 0.25) is 0 Å². The molecule has 0 unspecified atom stereocenters. The van der Waals surface area contributed by atoms with Crippen LogP contribution in [0.4, 0.5) is 28.4 Å². The Hall–Kier alpha value is -6.04. The van der Waals surface area contributed by atoms with E-state index in [1.807, 2.05) is 17.4 Å². The predicted octanol–water partition coefficient (Wildman–Crippen LogP) is 13.4. The Labute approximate surface area is 286 Å². The average molecular weight is 651 g/mol. The van der Waals surface area contributed by atoms with Crippen LogP contribution in [-0.2, 0) is 0 Å². The summed E-state index contributed by atoms with van der Waals surface area (Å²) in [6, 6.07) is 51.7. The van der Waals surface area contributed by atoms with Crippen LogP contribution in [0.15, 0.2) is 154 Å². The number of nitrogens with zero attached hydrogens (tertiary/aromatic N) is 2. The molecule has 0 N–H and O–H groups in total. The molecule has 0 saturated heterocycles. The zero-order valence-electron chi connectivity index (χ0n) is 27.0. The van der Waals surface area contributed by atoms with E-state index in [1.54, 1.807) is 0 Å². The van der Waals surface area contributed by atoms with Crippen LogP contribution in [0.1, 0.15) is 5.56 Å². The van der Waals surface area contributed by atoms with Gasteiger partial charge >= 0.3 is 0 Å². The predicted molar refractivity (Wildman–Crippen MR) is 208 cm³/mol. The number of para-hydroxylation sites is 1. The maximum atomic E-state index is 6.61. The monoisotopic (exact) mass is 650 g/mol. The van der Waals surface area contributed by atoms with E-state index in [0.717, 1.165) is 72.3 Å². The van der Waals surface area contributed by atoms with E-state index in [-0.39, 0.29) is 0 Å². The summed E-state index contributed by atoms with van der Waals surface area (Å²) >= 11 is 1.84. The second-order valence-corrected chi connectivity index (χ2v) is 13.8. The maximum absolute atomic E-state index is 6.61. The molecule has 0 fully saturated rings. The molecule has 0 spiro atoms. The third-order valence-electron chi connectivity index (χ3n) is 9.72. The Morgan fingerprint density at radius 3 is 1.61 bits per heavy atom. The number of anilines is 5. The molecular weight excluding hydrogens is 621 g/mol. The van der Waals surface area contributed by atoms with Gasteiger partial charge in [0.05, 0.1) is 0 Å². The second kappa shape index (κ2) is 10.7. The molecule has 0 amide bonds. The molecule has 7 aromatic carbocycles. The van der Waals surface area contributed by atoms with Gasteiger partial charge in [-0.25, -0.2) is 0 Å². The number of aryl methyl sites for hydroxylation is 1. The summed E-state index contributed by atoms with van der Waals surface area (Å²) < 4.78 is 15.6. The molecule has 0 atom stereocenters. The van der Waals surface area contributed by atoms with Crippen molar-refractivity contribution in [3.05, 3.63) is 151 Å².